The molecule has 0 atom stereocenters. The Labute approximate surface area is 102 Å². The molecule has 5 nitrogen and oxygen atoms in total. The van der Waals surface area contributed by atoms with Crippen LogP contribution in [0.4, 0.5) is 11.6 Å². The lowest BCUT2D eigenvalue weighted by molar-refractivity contribution is 0.722. The van der Waals surface area contributed by atoms with E-state index in [1.165, 1.54) is 6.33 Å². The van der Waals surface area contributed by atoms with Gasteiger partial charge in [0.25, 0.3) is 0 Å². The first-order valence-electron chi connectivity index (χ1n) is 5.71. The summed E-state index contributed by atoms with van der Waals surface area (Å²) in [4.78, 5) is 10.4. The van der Waals surface area contributed by atoms with Crippen LogP contribution in [-0.2, 0) is 0 Å². The molecular weight excluding hydrogens is 214 g/mol. The Morgan fingerprint density at radius 1 is 1.47 bits per heavy atom. The first-order chi connectivity index (χ1) is 7.98. The van der Waals surface area contributed by atoms with Gasteiger partial charge in [0.15, 0.2) is 0 Å². The summed E-state index contributed by atoms with van der Waals surface area (Å²) in [6.07, 6.45) is 2.57. The number of anilines is 2. The van der Waals surface area contributed by atoms with Crippen molar-refractivity contribution in [3.8, 4) is 6.07 Å². The van der Waals surface area contributed by atoms with Crippen molar-refractivity contribution in [3.63, 3.8) is 0 Å². The molecular formula is C12H19N5. The van der Waals surface area contributed by atoms with Gasteiger partial charge in [-0.05, 0) is 20.3 Å². The van der Waals surface area contributed by atoms with Crippen LogP contribution in [0.1, 0.15) is 27.2 Å². The third-order valence-corrected chi connectivity index (χ3v) is 2.32. The number of nitrogens with zero attached hydrogens (tertiary/aromatic N) is 4. The van der Waals surface area contributed by atoms with Crippen LogP contribution in [0.15, 0.2) is 12.4 Å². The standard InChI is InChI=1S/C12H19N5/c1-5-6-17(4)11-7-10(14-9-15-11)16-12(2,3)8-13/h7,9H,5-6H2,1-4H3,(H,14,15,16). The second-order valence-corrected chi connectivity index (χ2v) is 4.54. The number of hydrogen-bond donors (Lipinski definition) is 1. The summed E-state index contributed by atoms with van der Waals surface area (Å²) in [5.74, 6) is 1.53. The first-order valence-corrected chi connectivity index (χ1v) is 5.71. The lowest BCUT2D eigenvalue weighted by atomic mass is 10.1. The van der Waals surface area contributed by atoms with E-state index in [2.05, 4.69) is 33.2 Å². The average Bonchev–Trinajstić information content (AvgIpc) is 2.29. The smallest absolute Gasteiger partial charge is 0.133 e. The zero-order valence-corrected chi connectivity index (χ0v) is 10.9. The monoisotopic (exact) mass is 233 g/mol. The molecule has 0 radical (unpaired) electrons. The van der Waals surface area contributed by atoms with Gasteiger partial charge in [-0.1, -0.05) is 6.92 Å². The van der Waals surface area contributed by atoms with E-state index in [1.807, 2.05) is 27.0 Å². The summed E-state index contributed by atoms with van der Waals surface area (Å²) in [6, 6.07) is 4.03. The van der Waals surface area contributed by atoms with Crippen LogP contribution in [-0.4, -0.2) is 29.1 Å². The Hall–Kier alpha value is -1.83. The second-order valence-electron chi connectivity index (χ2n) is 4.54. The zero-order chi connectivity index (χ0) is 12.9. The van der Waals surface area contributed by atoms with Crippen molar-refractivity contribution in [1.82, 2.24) is 9.97 Å². The first kappa shape index (κ1) is 13.2. The molecule has 5 heteroatoms. The van der Waals surface area contributed by atoms with E-state index >= 15 is 0 Å². The minimum Gasteiger partial charge on any atom is -0.360 e. The maximum atomic E-state index is 8.95. The Morgan fingerprint density at radius 2 is 2.18 bits per heavy atom. The minimum atomic E-state index is -0.630. The maximum absolute atomic E-state index is 8.95. The highest BCUT2D eigenvalue weighted by Crippen LogP contribution is 2.16. The largest absolute Gasteiger partial charge is 0.360 e. The van der Waals surface area contributed by atoms with E-state index in [-0.39, 0.29) is 0 Å². The lowest BCUT2D eigenvalue weighted by Gasteiger charge is -2.21. The molecule has 17 heavy (non-hydrogen) atoms. The molecule has 0 saturated carbocycles. The number of nitrogens with one attached hydrogen (secondary N) is 1. The highest BCUT2D eigenvalue weighted by atomic mass is 15.2. The van der Waals surface area contributed by atoms with Crippen molar-refractivity contribution in [2.75, 3.05) is 23.8 Å². The van der Waals surface area contributed by atoms with Crippen LogP contribution in [0.2, 0.25) is 0 Å². The summed E-state index contributed by atoms with van der Waals surface area (Å²) in [6.45, 7) is 6.68. The maximum Gasteiger partial charge on any atom is 0.133 e. The number of rotatable bonds is 5. The van der Waals surface area contributed by atoms with Crippen LogP contribution in [0, 0.1) is 11.3 Å². The summed E-state index contributed by atoms with van der Waals surface area (Å²) >= 11 is 0. The van der Waals surface area contributed by atoms with Crippen LogP contribution in [0.3, 0.4) is 0 Å². The van der Waals surface area contributed by atoms with Gasteiger partial charge in [-0.2, -0.15) is 5.26 Å². The van der Waals surface area contributed by atoms with Gasteiger partial charge in [0, 0.05) is 19.7 Å². The van der Waals surface area contributed by atoms with Crippen molar-refractivity contribution >= 4 is 11.6 Å². The van der Waals surface area contributed by atoms with E-state index in [0.717, 1.165) is 18.8 Å². The summed E-state index contributed by atoms with van der Waals surface area (Å²) in [5, 5.41) is 12.0. The molecule has 0 fully saturated rings. The molecule has 0 aromatic carbocycles. The van der Waals surface area contributed by atoms with Gasteiger partial charge in [-0.3, -0.25) is 0 Å². The Bertz CT molecular complexity index is 408. The lowest BCUT2D eigenvalue weighted by Crippen LogP contribution is -2.29. The highest BCUT2D eigenvalue weighted by molar-refractivity contribution is 5.49. The van der Waals surface area contributed by atoms with Crippen molar-refractivity contribution in [2.24, 2.45) is 0 Å². The summed E-state index contributed by atoms with van der Waals surface area (Å²) in [5.41, 5.74) is -0.630. The summed E-state index contributed by atoms with van der Waals surface area (Å²) in [7, 11) is 1.99. The van der Waals surface area contributed by atoms with Gasteiger partial charge in [0.2, 0.25) is 0 Å². The SMILES string of the molecule is CCCN(C)c1cc(NC(C)(C)C#N)ncn1. The van der Waals surface area contributed by atoms with Crippen molar-refractivity contribution < 1.29 is 0 Å². The fraction of sp³-hybridized carbons (Fsp3) is 0.583. The molecule has 1 rings (SSSR count). The molecule has 0 aliphatic heterocycles. The van der Waals surface area contributed by atoms with Gasteiger partial charge in [0.05, 0.1) is 6.07 Å². The third-order valence-electron chi connectivity index (χ3n) is 2.32. The predicted molar refractivity (Wildman–Crippen MR) is 68.9 cm³/mol. The van der Waals surface area contributed by atoms with Crippen LogP contribution < -0.4 is 10.2 Å². The Morgan fingerprint density at radius 3 is 2.76 bits per heavy atom. The van der Waals surface area contributed by atoms with Gasteiger partial charge in [-0.15, -0.1) is 0 Å². The molecule has 0 bridgehead atoms. The average molecular weight is 233 g/mol. The van der Waals surface area contributed by atoms with E-state index in [0.29, 0.717) is 5.82 Å². The van der Waals surface area contributed by atoms with E-state index in [4.69, 9.17) is 5.26 Å². The van der Waals surface area contributed by atoms with E-state index in [9.17, 15) is 0 Å². The van der Waals surface area contributed by atoms with Gasteiger partial charge < -0.3 is 10.2 Å². The molecule has 0 saturated heterocycles. The van der Waals surface area contributed by atoms with Gasteiger partial charge in [-0.25, -0.2) is 9.97 Å². The normalized spacial score (nSPS) is 10.8. The number of aromatic nitrogens is 2. The Kier molecular flexibility index (Phi) is 4.27. The molecule has 1 aromatic heterocycles. The molecule has 0 spiro atoms. The highest BCUT2D eigenvalue weighted by Gasteiger charge is 2.16. The van der Waals surface area contributed by atoms with Crippen molar-refractivity contribution in [3.05, 3.63) is 12.4 Å². The fourth-order valence-corrected chi connectivity index (χ4v) is 1.42. The number of nitriles is 1. The Balaban J connectivity index is 2.83. The topological polar surface area (TPSA) is 64.8 Å². The molecule has 1 heterocycles. The molecule has 0 amide bonds. The fourth-order valence-electron chi connectivity index (χ4n) is 1.42. The van der Waals surface area contributed by atoms with Crippen molar-refractivity contribution in [2.45, 2.75) is 32.7 Å². The van der Waals surface area contributed by atoms with Crippen molar-refractivity contribution in [1.29, 1.82) is 5.26 Å². The van der Waals surface area contributed by atoms with Gasteiger partial charge in [0.1, 0.15) is 23.5 Å². The molecule has 0 unspecified atom stereocenters. The summed E-state index contributed by atoms with van der Waals surface area (Å²) < 4.78 is 0. The van der Waals surface area contributed by atoms with Gasteiger partial charge >= 0.3 is 0 Å². The molecule has 0 aliphatic carbocycles. The molecule has 0 aliphatic rings. The zero-order valence-electron chi connectivity index (χ0n) is 10.9. The van der Waals surface area contributed by atoms with E-state index in [1.54, 1.807) is 0 Å². The molecule has 1 N–H and O–H groups in total. The predicted octanol–water partition coefficient (Wildman–Crippen LogP) is 2.04. The van der Waals surface area contributed by atoms with Crippen LogP contribution in [0.25, 0.3) is 0 Å². The quantitative estimate of drug-likeness (QED) is 0.843. The number of hydrogen-bond acceptors (Lipinski definition) is 5. The van der Waals surface area contributed by atoms with Crippen LogP contribution in [0.5, 0.6) is 0 Å². The van der Waals surface area contributed by atoms with Crippen LogP contribution >= 0.6 is 0 Å². The minimum absolute atomic E-state index is 0.630. The van der Waals surface area contributed by atoms with E-state index < -0.39 is 5.54 Å². The molecule has 1 aromatic rings. The molecule has 92 valence electrons. The third kappa shape index (κ3) is 3.91. The second kappa shape index (κ2) is 5.48.